The number of rotatable bonds is 4. The summed E-state index contributed by atoms with van der Waals surface area (Å²) in [5, 5.41) is 0. The van der Waals surface area contributed by atoms with Crippen molar-refractivity contribution in [3.8, 4) is 11.1 Å². The van der Waals surface area contributed by atoms with Crippen LogP contribution in [0.25, 0.3) is 11.1 Å². The van der Waals surface area contributed by atoms with Gasteiger partial charge in [-0.2, -0.15) is 0 Å². The van der Waals surface area contributed by atoms with Crippen molar-refractivity contribution in [2.45, 2.75) is 33.2 Å². The van der Waals surface area contributed by atoms with Gasteiger partial charge in [-0.05, 0) is 41.5 Å². The Labute approximate surface area is 116 Å². The van der Waals surface area contributed by atoms with Gasteiger partial charge in [-0.25, -0.2) is 0 Å². The maximum Gasteiger partial charge on any atom is 0.0266 e. The molecule has 0 aliphatic rings. The van der Waals surface area contributed by atoms with Crippen molar-refractivity contribution in [3.63, 3.8) is 0 Å². The van der Waals surface area contributed by atoms with E-state index in [2.05, 4.69) is 62.4 Å². The van der Waals surface area contributed by atoms with E-state index in [1.54, 1.807) is 0 Å². The molecule has 1 nitrogen and oxygen atoms in total. The fraction of sp³-hybridized carbons (Fsp3) is 0.333. The zero-order chi connectivity index (χ0) is 13.8. The van der Waals surface area contributed by atoms with Gasteiger partial charge in [-0.15, -0.1) is 0 Å². The smallest absolute Gasteiger partial charge is 0.0266 e. The molecule has 19 heavy (non-hydrogen) atoms. The Bertz CT molecular complexity index is 524. The third kappa shape index (κ3) is 3.68. The van der Waals surface area contributed by atoms with Crippen LogP contribution in [0, 0.1) is 5.92 Å². The lowest BCUT2D eigenvalue weighted by Gasteiger charge is -2.09. The predicted octanol–water partition coefficient (Wildman–Crippen LogP) is 4.57. The lowest BCUT2D eigenvalue weighted by Crippen LogP contribution is -2.04. The van der Waals surface area contributed by atoms with Crippen molar-refractivity contribution in [2.75, 3.05) is 0 Å². The summed E-state index contributed by atoms with van der Waals surface area (Å²) >= 11 is 0. The zero-order valence-electron chi connectivity index (χ0n) is 12.1. The minimum atomic E-state index is 0.0984. The van der Waals surface area contributed by atoms with E-state index < -0.39 is 0 Å². The van der Waals surface area contributed by atoms with Gasteiger partial charge in [0.25, 0.3) is 0 Å². The van der Waals surface area contributed by atoms with Crippen molar-refractivity contribution in [1.29, 1.82) is 0 Å². The van der Waals surface area contributed by atoms with Gasteiger partial charge in [0.05, 0.1) is 0 Å². The Morgan fingerprint density at radius 1 is 0.895 bits per heavy atom. The lowest BCUT2D eigenvalue weighted by molar-refractivity contribution is 0.647. The standard InChI is InChI=1S/C18H23N/c1-13(2)11-15-5-4-6-18(12-15)17-9-7-16(8-10-17)14(3)19/h4-10,12-14H,11,19H2,1-3H3. The van der Waals surface area contributed by atoms with Gasteiger partial charge in [-0.1, -0.05) is 62.4 Å². The van der Waals surface area contributed by atoms with Gasteiger partial charge in [0.15, 0.2) is 0 Å². The quantitative estimate of drug-likeness (QED) is 0.848. The summed E-state index contributed by atoms with van der Waals surface area (Å²) in [6, 6.07) is 17.5. The molecule has 0 aliphatic carbocycles. The number of nitrogens with two attached hydrogens (primary N) is 1. The molecular weight excluding hydrogens is 230 g/mol. The highest BCUT2D eigenvalue weighted by Gasteiger charge is 2.03. The summed E-state index contributed by atoms with van der Waals surface area (Å²) in [5.41, 5.74) is 11.0. The van der Waals surface area contributed by atoms with Crippen LogP contribution in [0.3, 0.4) is 0 Å². The average molecular weight is 253 g/mol. The third-order valence-electron chi connectivity index (χ3n) is 3.34. The van der Waals surface area contributed by atoms with Crippen LogP contribution in [-0.4, -0.2) is 0 Å². The van der Waals surface area contributed by atoms with Gasteiger partial charge < -0.3 is 5.73 Å². The molecule has 100 valence electrons. The van der Waals surface area contributed by atoms with Crippen LogP contribution in [0.15, 0.2) is 48.5 Å². The molecule has 1 atom stereocenters. The second-order valence-electron chi connectivity index (χ2n) is 5.71. The molecule has 0 amide bonds. The first-order valence-corrected chi connectivity index (χ1v) is 7.01. The minimum absolute atomic E-state index is 0.0984. The Morgan fingerprint density at radius 2 is 1.58 bits per heavy atom. The van der Waals surface area contributed by atoms with E-state index in [0.717, 1.165) is 6.42 Å². The Morgan fingerprint density at radius 3 is 2.16 bits per heavy atom. The summed E-state index contributed by atoms with van der Waals surface area (Å²) in [4.78, 5) is 0. The molecule has 0 radical (unpaired) electrons. The molecule has 0 fully saturated rings. The van der Waals surface area contributed by atoms with Gasteiger partial charge >= 0.3 is 0 Å². The Kier molecular flexibility index (Phi) is 4.39. The van der Waals surface area contributed by atoms with E-state index in [1.807, 2.05) is 6.92 Å². The monoisotopic (exact) mass is 253 g/mol. The fourth-order valence-electron chi connectivity index (χ4n) is 2.33. The molecule has 1 heteroatoms. The second kappa shape index (κ2) is 6.03. The van der Waals surface area contributed by atoms with Crippen LogP contribution in [0.4, 0.5) is 0 Å². The highest BCUT2D eigenvalue weighted by Crippen LogP contribution is 2.23. The predicted molar refractivity (Wildman–Crippen MR) is 83.0 cm³/mol. The first kappa shape index (κ1) is 13.8. The Balaban J connectivity index is 2.26. The van der Waals surface area contributed by atoms with Crippen LogP contribution >= 0.6 is 0 Å². The van der Waals surface area contributed by atoms with E-state index in [1.165, 1.54) is 22.3 Å². The van der Waals surface area contributed by atoms with Crippen molar-refractivity contribution in [1.82, 2.24) is 0 Å². The van der Waals surface area contributed by atoms with Crippen LogP contribution < -0.4 is 5.73 Å². The van der Waals surface area contributed by atoms with E-state index >= 15 is 0 Å². The minimum Gasteiger partial charge on any atom is -0.324 e. The molecule has 2 aromatic rings. The molecule has 2 rings (SSSR count). The average Bonchev–Trinajstić information content (AvgIpc) is 2.38. The number of hydrogen-bond acceptors (Lipinski definition) is 1. The summed E-state index contributed by atoms with van der Waals surface area (Å²) in [6.07, 6.45) is 1.13. The van der Waals surface area contributed by atoms with Gasteiger partial charge in [-0.3, -0.25) is 0 Å². The van der Waals surface area contributed by atoms with Crippen LogP contribution in [0.2, 0.25) is 0 Å². The number of hydrogen-bond donors (Lipinski definition) is 1. The highest BCUT2D eigenvalue weighted by molar-refractivity contribution is 5.64. The molecule has 0 saturated carbocycles. The molecule has 0 saturated heterocycles. The zero-order valence-corrected chi connectivity index (χ0v) is 12.1. The largest absolute Gasteiger partial charge is 0.324 e. The molecule has 0 aromatic heterocycles. The van der Waals surface area contributed by atoms with E-state index in [-0.39, 0.29) is 6.04 Å². The van der Waals surface area contributed by atoms with Crippen molar-refractivity contribution in [3.05, 3.63) is 59.7 Å². The van der Waals surface area contributed by atoms with Crippen molar-refractivity contribution < 1.29 is 0 Å². The molecule has 0 bridgehead atoms. The summed E-state index contributed by atoms with van der Waals surface area (Å²) < 4.78 is 0. The fourth-order valence-corrected chi connectivity index (χ4v) is 2.33. The summed E-state index contributed by atoms with van der Waals surface area (Å²) in [7, 11) is 0. The second-order valence-corrected chi connectivity index (χ2v) is 5.71. The van der Waals surface area contributed by atoms with E-state index in [9.17, 15) is 0 Å². The molecule has 2 aromatic carbocycles. The van der Waals surface area contributed by atoms with Crippen LogP contribution in [0.1, 0.15) is 37.9 Å². The maximum absolute atomic E-state index is 5.88. The number of benzene rings is 2. The lowest BCUT2D eigenvalue weighted by atomic mass is 9.97. The molecule has 0 heterocycles. The first-order chi connectivity index (χ1) is 9.06. The van der Waals surface area contributed by atoms with Crippen LogP contribution in [0.5, 0.6) is 0 Å². The van der Waals surface area contributed by atoms with Crippen molar-refractivity contribution >= 4 is 0 Å². The summed E-state index contributed by atoms with van der Waals surface area (Å²) in [5.74, 6) is 0.690. The van der Waals surface area contributed by atoms with E-state index in [0.29, 0.717) is 5.92 Å². The highest BCUT2D eigenvalue weighted by atomic mass is 14.6. The maximum atomic E-state index is 5.88. The SMILES string of the molecule is CC(C)Cc1cccc(-c2ccc(C(C)N)cc2)c1. The molecular formula is C18H23N. The van der Waals surface area contributed by atoms with Crippen LogP contribution in [-0.2, 0) is 6.42 Å². The van der Waals surface area contributed by atoms with Gasteiger partial charge in [0.1, 0.15) is 0 Å². The molecule has 1 unspecified atom stereocenters. The normalized spacial score (nSPS) is 12.7. The first-order valence-electron chi connectivity index (χ1n) is 7.01. The Hall–Kier alpha value is -1.60. The summed E-state index contributed by atoms with van der Waals surface area (Å²) in [6.45, 7) is 6.52. The van der Waals surface area contributed by atoms with Gasteiger partial charge in [0, 0.05) is 6.04 Å². The van der Waals surface area contributed by atoms with Gasteiger partial charge in [0.2, 0.25) is 0 Å². The van der Waals surface area contributed by atoms with E-state index in [4.69, 9.17) is 5.73 Å². The third-order valence-corrected chi connectivity index (χ3v) is 3.34. The van der Waals surface area contributed by atoms with Crippen molar-refractivity contribution in [2.24, 2.45) is 11.7 Å². The molecule has 2 N–H and O–H groups in total. The molecule has 0 aliphatic heterocycles. The topological polar surface area (TPSA) is 26.0 Å². The molecule has 0 spiro atoms.